The summed E-state index contributed by atoms with van der Waals surface area (Å²) in [6.07, 6.45) is 1.89. The number of hydrogen-bond acceptors (Lipinski definition) is 5. The highest BCUT2D eigenvalue weighted by atomic mass is 16.5. The molecule has 0 saturated carbocycles. The molecule has 3 rings (SSSR count). The number of morpholine rings is 1. The van der Waals surface area contributed by atoms with Crippen LogP contribution in [0.5, 0.6) is 0 Å². The first-order valence-corrected chi connectivity index (χ1v) is 8.47. The van der Waals surface area contributed by atoms with Crippen molar-refractivity contribution in [3.8, 4) is 0 Å². The van der Waals surface area contributed by atoms with Crippen LogP contribution in [0.15, 0.2) is 18.3 Å². The Bertz CT molecular complexity index is 562. The number of ether oxygens (including phenoxy) is 3. The van der Waals surface area contributed by atoms with Crippen LogP contribution in [-0.4, -0.2) is 92.1 Å². The first kappa shape index (κ1) is 17.4. The lowest BCUT2D eigenvalue weighted by Gasteiger charge is -2.43. The molecule has 0 aliphatic carbocycles. The standard InChI is InChI=1S/C17H27N3O4/c1-18-5-3-4-15(18)16(21)20-8-11-24-17(13-20)12-19(6-9-22-2)7-10-23-14-17/h3-5H,6-14H2,1-2H3. The summed E-state index contributed by atoms with van der Waals surface area (Å²) in [6.45, 7) is 6.06. The number of rotatable bonds is 4. The van der Waals surface area contributed by atoms with Crippen LogP contribution in [0.3, 0.4) is 0 Å². The summed E-state index contributed by atoms with van der Waals surface area (Å²) in [5, 5.41) is 0. The van der Waals surface area contributed by atoms with Crippen LogP contribution in [-0.2, 0) is 21.3 Å². The maximum absolute atomic E-state index is 12.8. The minimum absolute atomic E-state index is 0.0536. The summed E-state index contributed by atoms with van der Waals surface area (Å²) in [5.41, 5.74) is 0.251. The Morgan fingerprint density at radius 3 is 2.96 bits per heavy atom. The van der Waals surface area contributed by atoms with Crippen molar-refractivity contribution in [2.75, 3.05) is 66.3 Å². The van der Waals surface area contributed by atoms with E-state index in [1.165, 1.54) is 0 Å². The Morgan fingerprint density at radius 2 is 2.21 bits per heavy atom. The molecule has 0 N–H and O–H groups in total. The molecular weight excluding hydrogens is 310 g/mol. The molecule has 24 heavy (non-hydrogen) atoms. The molecule has 1 aromatic rings. The van der Waals surface area contributed by atoms with E-state index in [4.69, 9.17) is 14.2 Å². The van der Waals surface area contributed by atoms with E-state index in [2.05, 4.69) is 4.90 Å². The van der Waals surface area contributed by atoms with Gasteiger partial charge in [-0.1, -0.05) is 0 Å². The highest BCUT2D eigenvalue weighted by Crippen LogP contribution is 2.24. The zero-order chi connectivity index (χ0) is 17.0. The van der Waals surface area contributed by atoms with Crippen LogP contribution < -0.4 is 0 Å². The van der Waals surface area contributed by atoms with Gasteiger partial charge in [0.15, 0.2) is 0 Å². The molecule has 0 radical (unpaired) electrons. The van der Waals surface area contributed by atoms with Gasteiger partial charge in [-0.15, -0.1) is 0 Å². The smallest absolute Gasteiger partial charge is 0.270 e. The van der Waals surface area contributed by atoms with Gasteiger partial charge in [0.05, 0.1) is 33.0 Å². The summed E-state index contributed by atoms with van der Waals surface area (Å²) in [4.78, 5) is 17.0. The number of hydrogen-bond donors (Lipinski definition) is 0. The van der Waals surface area contributed by atoms with Gasteiger partial charge in [-0.05, 0) is 12.1 Å². The van der Waals surface area contributed by atoms with Gasteiger partial charge in [-0.25, -0.2) is 0 Å². The molecule has 0 aromatic carbocycles. The predicted molar refractivity (Wildman–Crippen MR) is 89.1 cm³/mol. The molecule has 2 fully saturated rings. The van der Waals surface area contributed by atoms with Crippen molar-refractivity contribution >= 4 is 5.91 Å². The number of carbonyl (C=O) groups excluding carboxylic acids is 1. The highest BCUT2D eigenvalue weighted by molar-refractivity contribution is 5.92. The number of carbonyl (C=O) groups is 1. The normalized spacial score (nSPS) is 25.8. The van der Waals surface area contributed by atoms with E-state index >= 15 is 0 Å². The SMILES string of the molecule is COCCN1CCOCC2(C1)CN(C(=O)c1cccn1C)CCO2. The summed E-state index contributed by atoms with van der Waals surface area (Å²) >= 11 is 0. The van der Waals surface area contributed by atoms with Crippen molar-refractivity contribution in [2.24, 2.45) is 7.05 Å². The van der Waals surface area contributed by atoms with Crippen molar-refractivity contribution in [2.45, 2.75) is 5.60 Å². The van der Waals surface area contributed by atoms with Crippen LogP contribution in [0.4, 0.5) is 0 Å². The Labute approximate surface area is 143 Å². The molecule has 1 atom stereocenters. The topological polar surface area (TPSA) is 56.2 Å². The van der Waals surface area contributed by atoms with Gasteiger partial charge in [-0.2, -0.15) is 0 Å². The molecule has 2 aliphatic heterocycles. The van der Waals surface area contributed by atoms with Crippen molar-refractivity contribution in [3.05, 3.63) is 24.0 Å². The number of aryl methyl sites for hydroxylation is 1. The van der Waals surface area contributed by atoms with Gasteiger partial charge in [0, 0.05) is 46.5 Å². The molecule has 134 valence electrons. The molecular formula is C17H27N3O4. The van der Waals surface area contributed by atoms with E-state index in [0.29, 0.717) is 45.2 Å². The van der Waals surface area contributed by atoms with E-state index < -0.39 is 5.60 Å². The fourth-order valence-corrected chi connectivity index (χ4v) is 3.44. The third kappa shape index (κ3) is 3.80. The maximum atomic E-state index is 12.8. The van der Waals surface area contributed by atoms with Crippen molar-refractivity contribution < 1.29 is 19.0 Å². The average Bonchev–Trinajstić information content (AvgIpc) is 2.92. The molecule has 3 heterocycles. The van der Waals surface area contributed by atoms with Crippen LogP contribution in [0.1, 0.15) is 10.5 Å². The summed E-state index contributed by atoms with van der Waals surface area (Å²) < 4.78 is 19.0. The average molecular weight is 337 g/mol. The first-order valence-electron chi connectivity index (χ1n) is 8.47. The van der Waals surface area contributed by atoms with Crippen molar-refractivity contribution in [1.82, 2.24) is 14.4 Å². The quantitative estimate of drug-likeness (QED) is 0.786. The molecule has 7 nitrogen and oxygen atoms in total. The van der Waals surface area contributed by atoms with E-state index in [1.54, 1.807) is 7.11 Å². The molecule has 1 amide bonds. The van der Waals surface area contributed by atoms with Crippen LogP contribution >= 0.6 is 0 Å². The summed E-state index contributed by atoms with van der Waals surface area (Å²) in [6, 6.07) is 3.75. The number of nitrogens with zero attached hydrogens (tertiary/aromatic N) is 3. The van der Waals surface area contributed by atoms with Gasteiger partial charge in [-0.3, -0.25) is 9.69 Å². The number of amides is 1. The molecule has 7 heteroatoms. The van der Waals surface area contributed by atoms with Crippen LogP contribution in [0.2, 0.25) is 0 Å². The van der Waals surface area contributed by atoms with Gasteiger partial charge in [0.25, 0.3) is 5.91 Å². The van der Waals surface area contributed by atoms with Gasteiger partial charge < -0.3 is 23.7 Å². The number of aromatic nitrogens is 1. The van der Waals surface area contributed by atoms with E-state index in [1.807, 2.05) is 34.8 Å². The summed E-state index contributed by atoms with van der Waals surface area (Å²) in [5.74, 6) is 0.0536. The molecule has 1 unspecified atom stereocenters. The largest absolute Gasteiger partial charge is 0.383 e. The second kappa shape index (κ2) is 7.65. The number of methoxy groups -OCH3 is 1. The predicted octanol–water partition coefficient (Wildman–Crippen LogP) is 0.215. The van der Waals surface area contributed by atoms with E-state index in [9.17, 15) is 4.79 Å². The molecule has 1 aromatic heterocycles. The Morgan fingerprint density at radius 1 is 1.33 bits per heavy atom. The molecule has 1 spiro atoms. The van der Waals surface area contributed by atoms with Gasteiger partial charge >= 0.3 is 0 Å². The third-order valence-corrected chi connectivity index (χ3v) is 4.74. The zero-order valence-corrected chi connectivity index (χ0v) is 14.6. The monoisotopic (exact) mass is 337 g/mol. The molecule has 0 bridgehead atoms. The van der Waals surface area contributed by atoms with Crippen molar-refractivity contribution in [3.63, 3.8) is 0 Å². The zero-order valence-electron chi connectivity index (χ0n) is 14.6. The first-order chi connectivity index (χ1) is 11.6. The maximum Gasteiger partial charge on any atom is 0.270 e. The lowest BCUT2D eigenvalue weighted by atomic mass is 10.0. The van der Waals surface area contributed by atoms with E-state index in [-0.39, 0.29) is 5.91 Å². The Hall–Kier alpha value is -1.41. The Balaban J connectivity index is 1.71. The van der Waals surface area contributed by atoms with E-state index in [0.717, 1.165) is 19.6 Å². The van der Waals surface area contributed by atoms with Crippen LogP contribution in [0, 0.1) is 0 Å². The van der Waals surface area contributed by atoms with Gasteiger partial charge in [0.2, 0.25) is 0 Å². The Kier molecular flexibility index (Phi) is 5.55. The van der Waals surface area contributed by atoms with Gasteiger partial charge in [0.1, 0.15) is 11.3 Å². The second-order valence-electron chi connectivity index (χ2n) is 6.58. The minimum atomic E-state index is -0.455. The highest BCUT2D eigenvalue weighted by Gasteiger charge is 2.41. The molecule has 2 aliphatic rings. The fraction of sp³-hybridized carbons (Fsp3) is 0.706. The second-order valence-corrected chi connectivity index (χ2v) is 6.58. The fourth-order valence-electron chi connectivity index (χ4n) is 3.44. The molecule has 2 saturated heterocycles. The van der Waals surface area contributed by atoms with Crippen molar-refractivity contribution in [1.29, 1.82) is 0 Å². The lowest BCUT2D eigenvalue weighted by Crippen LogP contribution is -2.60. The lowest BCUT2D eigenvalue weighted by molar-refractivity contribution is -0.133. The third-order valence-electron chi connectivity index (χ3n) is 4.74. The van der Waals surface area contributed by atoms with Crippen LogP contribution in [0.25, 0.3) is 0 Å². The minimum Gasteiger partial charge on any atom is -0.383 e. The summed E-state index contributed by atoms with van der Waals surface area (Å²) in [7, 11) is 3.60.